The topological polar surface area (TPSA) is 61.5 Å². The van der Waals surface area contributed by atoms with E-state index in [0.29, 0.717) is 11.4 Å². The molecule has 1 aliphatic rings. The van der Waals surface area contributed by atoms with Crippen molar-refractivity contribution in [3.63, 3.8) is 0 Å². The van der Waals surface area contributed by atoms with Crippen LogP contribution >= 0.6 is 0 Å². The third-order valence-corrected chi connectivity index (χ3v) is 3.88. The maximum atomic E-state index is 11.7. The van der Waals surface area contributed by atoms with Gasteiger partial charge < -0.3 is 15.2 Å². The summed E-state index contributed by atoms with van der Waals surface area (Å²) in [4.78, 5) is 11.7. The van der Waals surface area contributed by atoms with Gasteiger partial charge in [0.15, 0.2) is 6.61 Å². The molecule has 4 nitrogen and oxygen atoms in total. The second kappa shape index (κ2) is 7.17. The lowest BCUT2D eigenvalue weighted by Gasteiger charge is -2.27. The molecule has 0 unspecified atom stereocenters. The van der Waals surface area contributed by atoms with Crippen LogP contribution in [0, 0.1) is 5.92 Å². The number of hydrogen-bond donors (Lipinski definition) is 1. The van der Waals surface area contributed by atoms with Gasteiger partial charge in [0.2, 0.25) is 0 Å². The number of nitrogen functional groups attached to an aromatic ring is 1. The summed E-state index contributed by atoms with van der Waals surface area (Å²) in [6, 6.07) is 7.04. The van der Waals surface area contributed by atoms with Gasteiger partial charge in [-0.1, -0.05) is 19.4 Å². The van der Waals surface area contributed by atoms with Gasteiger partial charge in [0.05, 0.1) is 0 Å². The molecule has 0 radical (unpaired) electrons. The largest absolute Gasteiger partial charge is 0.482 e. The zero-order valence-electron chi connectivity index (χ0n) is 12.0. The molecule has 1 saturated carbocycles. The lowest BCUT2D eigenvalue weighted by atomic mass is 9.86. The van der Waals surface area contributed by atoms with Crippen molar-refractivity contribution in [3.05, 3.63) is 24.3 Å². The van der Waals surface area contributed by atoms with E-state index in [1.807, 2.05) is 0 Å². The lowest BCUT2D eigenvalue weighted by molar-refractivity contribution is -0.153. The molecular weight excluding hydrogens is 254 g/mol. The van der Waals surface area contributed by atoms with Crippen molar-refractivity contribution >= 4 is 11.7 Å². The minimum absolute atomic E-state index is 0.0584. The van der Waals surface area contributed by atoms with Crippen molar-refractivity contribution in [2.45, 2.75) is 45.1 Å². The van der Waals surface area contributed by atoms with Crippen LogP contribution in [0.2, 0.25) is 0 Å². The summed E-state index contributed by atoms with van der Waals surface area (Å²) >= 11 is 0. The Hall–Kier alpha value is -1.71. The first-order chi connectivity index (χ1) is 9.67. The SMILES string of the molecule is CCC1CCC(OC(=O)COc2cccc(N)c2)CC1. The Morgan fingerprint density at radius 3 is 2.70 bits per heavy atom. The number of benzene rings is 1. The van der Waals surface area contributed by atoms with Crippen LogP contribution in [0.1, 0.15) is 39.0 Å². The normalized spacial score (nSPS) is 22.2. The minimum Gasteiger partial charge on any atom is -0.482 e. The Morgan fingerprint density at radius 1 is 1.30 bits per heavy atom. The van der Waals surface area contributed by atoms with Crippen molar-refractivity contribution in [3.8, 4) is 5.75 Å². The monoisotopic (exact) mass is 277 g/mol. The van der Waals surface area contributed by atoms with Crippen molar-refractivity contribution in [2.24, 2.45) is 5.92 Å². The van der Waals surface area contributed by atoms with E-state index in [1.54, 1.807) is 24.3 Å². The standard InChI is InChI=1S/C16H23NO3/c1-2-12-6-8-14(9-7-12)20-16(18)11-19-15-5-3-4-13(17)10-15/h3-5,10,12,14H,2,6-9,11,17H2,1H3. The molecule has 1 aromatic rings. The van der Waals surface area contributed by atoms with E-state index in [9.17, 15) is 4.79 Å². The molecule has 0 amide bonds. The highest BCUT2D eigenvalue weighted by molar-refractivity contribution is 5.71. The quantitative estimate of drug-likeness (QED) is 0.663. The molecule has 110 valence electrons. The van der Waals surface area contributed by atoms with Crippen LogP contribution in [0.5, 0.6) is 5.75 Å². The maximum absolute atomic E-state index is 11.7. The van der Waals surface area contributed by atoms with Crippen molar-refractivity contribution in [1.82, 2.24) is 0 Å². The van der Waals surface area contributed by atoms with Gasteiger partial charge in [-0.05, 0) is 43.7 Å². The fourth-order valence-corrected chi connectivity index (χ4v) is 2.62. The van der Waals surface area contributed by atoms with Crippen molar-refractivity contribution in [1.29, 1.82) is 0 Å². The Morgan fingerprint density at radius 2 is 2.05 bits per heavy atom. The van der Waals surface area contributed by atoms with E-state index < -0.39 is 0 Å². The number of nitrogens with two attached hydrogens (primary N) is 1. The van der Waals surface area contributed by atoms with Crippen LogP contribution in [0.4, 0.5) is 5.69 Å². The third-order valence-electron chi connectivity index (χ3n) is 3.88. The predicted octanol–water partition coefficient (Wildman–Crippen LogP) is 3.16. The van der Waals surface area contributed by atoms with Gasteiger partial charge >= 0.3 is 5.97 Å². The molecule has 1 aromatic carbocycles. The van der Waals surface area contributed by atoms with E-state index in [0.717, 1.165) is 31.6 Å². The summed E-state index contributed by atoms with van der Waals surface area (Å²) in [5.41, 5.74) is 6.26. The first kappa shape index (κ1) is 14.7. The van der Waals surface area contributed by atoms with Crippen molar-refractivity contribution < 1.29 is 14.3 Å². The molecule has 0 bridgehead atoms. The van der Waals surface area contributed by atoms with Gasteiger partial charge in [-0.2, -0.15) is 0 Å². The predicted molar refractivity (Wildman–Crippen MR) is 78.5 cm³/mol. The van der Waals surface area contributed by atoms with Gasteiger partial charge in [-0.25, -0.2) is 4.79 Å². The summed E-state index contributed by atoms with van der Waals surface area (Å²) in [6.45, 7) is 2.16. The second-order valence-corrected chi connectivity index (χ2v) is 5.40. The van der Waals surface area contributed by atoms with E-state index in [4.69, 9.17) is 15.2 Å². The number of esters is 1. The highest BCUT2D eigenvalue weighted by Gasteiger charge is 2.22. The van der Waals surface area contributed by atoms with Crippen LogP contribution in [0.15, 0.2) is 24.3 Å². The summed E-state index contributed by atoms with van der Waals surface area (Å²) in [6.07, 6.45) is 5.55. The lowest BCUT2D eigenvalue weighted by Crippen LogP contribution is -2.26. The molecule has 2 N–H and O–H groups in total. The maximum Gasteiger partial charge on any atom is 0.344 e. The molecule has 0 atom stereocenters. The van der Waals surface area contributed by atoms with Gasteiger partial charge in [-0.3, -0.25) is 0 Å². The van der Waals surface area contributed by atoms with Crippen LogP contribution in [0.3, 0.4) is 0 Å². The summed E-state index contributed by atoms with van der Waals surface area (Å²) in [7, 11) is 0. The number of rotatable bonds is 5. The molecule has 0 saturated heterocycles. The zero-order chi connectivity index (χ0) is 14.4. The highest BCUT2D eigenvalue weighted by Crippen LogP contribution is 2.28. The zero-order valence-corrected chi connectivity index (χ0v) is 12.0. The van der Waals surface area contributed by atoms with Gasteiger partial charge in [0.25, 0.3) is 0 Å². The molecule has 2 rings (SSSR count). The summed E-state index contributed by atoms with van der Waals surface area (Å²) < 4.78 is 10.8. The Kier molecular flexibility index (Phi) is 5.27. The third kappa shape index (κ3) is 4.44. The molecular formula is C16H23NO3. The number of carbonyl (C=O) groups is 1. The summed E-state index contributed by atoms with van der Waals surface area (Å²) in [5.74, 6) is 1.09. The van der Waals surface area contributed by atoms with Crippen molar-refractivity contribution in [2.75, 3.05) is 12.3 Å². The van der Waals surface area contributed by atoms with Gasteiger partial charge in [0, 0.05) is 11.8 Å². The number of carbonyl (C=O) groups excluding carboxylic acids is 1. The molecule has 0 aromatic heterocycles. The minimum atomic E-state index is -0.299. The fraction of sp³-hybridized carbons (Fsp3) is 0.562. The summed E-state index contributed by atoms with van der Waals surface area (Å²) in [5, 5.41) is 0. The second-order valence-electron chi connectivity index (χ2n) is 5.40. The number of hydrogen-bond acceptors (Lipinski definition) is 4. The first-order valence-corrected chi connectivity index (χ1v) is 7.35. The Bertz CT molecular complexity index is 439. The Balaban J connectivity index is 1.71. The van der Waals surface area contributed by atoms with Crippen LogP contribution < -0.4 is 10.5 Å². The number of ether oxygens (including phenoxy) is 2. The molecule has 0 spiro atoms. The van der Waals surface area contributed by atoms with Gasteiger partial charge in [0.1, 0.15) is 11.9 Å². The average Bonchev–Trinajstić information content (AvgIpc) is 2.46. The fourth-order valence-electron chi connectivity index (χ4n) is 2.62. The highest BCUT2D eigenvalue weighted by atomic mass is 16.6. The Labute approximate surface area is 120 Å². The van der Waals surface area contributed by atoms with Crippen LogP contribution in [0.25, 0.3) is 0 Å². The van der Waals surface area contributed by atoms with Gasteiger partial charge in [-0.15, -0.1) is 0 Å². The molecule has 4 heteroatoms. The number of anilines is 1. The van der Waals surface area contributed by atoms with E-state index in [2.05, 4.69) is 6.92 Å². The van der Waals surface area contributed by atoms with E-state index in [1.165, 1.54) is 6.42 Å². The molecule has 1 fully saturated rings. The molecule has 0 heterocycles. The van der Waals surface area contributed by atoms with E-state index >= 15 is 0 Å². The van der Waals surface area contributed by atoms with Crippen LogP contribution in [-0.2, 0) is 9.53 Å². The van der Waals surface area contributed by atoms with E-state index in [-0.39, 0.29) is 18.7 Å². The average molecular weight is 277 g/mol. The molecule has 1 aliphatic carbocycles. The first-order valence-electron chi connectivity index (χ1n) is 7.35. The van der Waals surface area contributed by atoms with Crippen LogP contribution in [-0.4, -0.2) is 18.7 Å². The smallest absolute Gasteiger partial charge is 0.344 e. The molecule has 0 aliphatic heterocycles. The molecule has 20 heavy (non-hydrogen) atoms.